The Morgan fingerprint density at radius 1 is 0.134 bits per heavy atom. The molecule has 44 heterocycles. The third-order valence-corrected chi connectivity index (χ3v) is 25.8. The number of rotatable bonds is 17. The van der Waals surface area contributed by atoms with Gasteiger partial charge in [-0.05, 0) is 0 Å². The van der Waals surface area contributed by atoms with Gasteiger partial charge in [-0.1, -0.05) is 0 Å². The standard InChI is InChI=1S/C73H120O61/c74-1-14-48-26(86)36(96)62(110-14)124-50-16(3-76)114-66(40(100)30(50)90)128-54-20(7-80)118-70(44(104)34(54)94)132-58-24(11-84)120-72(130-56-22(9-82)116-68(42(102)32(56)92)126-52-18(5-78)112-64(122-48)38(98)28(52)88)46(106)60(58)108-13-109-134-61-47(107)73-121-25(12-85)59(61)133-71-45(105)35(95)55(21(8-81)119-71)129-67-41(101)31(91)51(17(4-77)115-67)125-63-37(97)27(87)49(15(2-75)111-63)123-65-39(99)29(89)53(19(6-79)113-65)127-69-43(103)33(93)57(131-73)23(10-83)117-69/h14-107H,1-13H2/t14-,15-,16-,17-,18-,19-,20-,21-,22-,23-,24-,25-,26-,27-,28-,29-,30-,31-,32-,33-,34-,35-,36-,37-,38-,39-,40-,41-,42-,43-,44-,45-,46-,47-,48-,49-,50-,51-,52-,53-,54-,55-,56-,57-,58+,59+,60-,61-,62-,63-,64-,65-,66-,67-,68-,69-,70-,71-,72-,73-/m1/s1. The molecule has 0 aromatic rings. The van der Waals surface area contributed by atoms with E-state index in [9.17, 15) is 174 Å². The van der Waals surface area contributed by atoms with Gasteiger partial charge in [0.1, 0.15) is 287 Å². The summed E-state index contributed by atoms with van der Waals surface area (Å²) in [7, 11) is 0. The first-order valence-electron chi connectivity index (χ1n) is 42.9. The molecule has 0 aromatic heterocycles. The fraction of sp³-hybridized carbons (Fsp3) is 1.00. The summed E-state index contributed by atoms with van der Waals surface area (Å²) >= 11 is 0. The van der Waals surface area contributed by atoms with Gasteiger partial charge in [-0.2, -0.15) is 0 Å². The van der Waals surface area contributed by atoms with Crippen molar-refractivity contribution in [3.8, 4) is 0 Å². The molecule has 0 saturated carbocycles. The SMILES string of the molecule is OC[C@H]1O[C@@H]2O[C@H]3[C@H](O)[C@@H](O)[C@@H](O[C@H]4[C@H](O)[C@@H](O)[C@@H](O[C@H]5[C@H](O)[C@@H](O)[C@@H](O[C@H]6[C@H](O)[C@@H](O)[C@@H](O[C@H]7[C@H](O)[C@@H](O)[C@@H](O[C@@H]1[C@H](OCOO[C@@H]1[C@@H](O)[C@H]8O[C@H]9[C@H](O)[C@@H](O)[C@@H](O[C@H]%10[C@H](O)[C@@H](O)[C@@H](O[C@H]%11[C@H](O)[C@@H](O)[C@@H](O[C@H]%12[C@H](O)[C@@H](O)[C@@H](O[C@H]%13[C@H](O)[C@@H](O)[C@@H](O[C@H]1[C@@H](CO)O8)O[C@@H]%13CO)O[C@@H]%12CO)O[C@@H]%11CO)O[C@@H]%10CO)O[C@@H]9CO)[C@H]2O)O[C@@H]7CO)O[C@@H]6CO)O[C@@H]5CO)O[C@@H]4CO)O[C@@H]3CO. The first-order valence-corrected chi connectivity index (χ1v) is 42.9. The summed E-state index contributed by atoms with van der Waals surface area (Å²) in [6.45, 7) is -16.0. The summed E-state index contributed by atoms with van der Waals surface area (Å²) in [5, 5.41) is 389. The molecule has 24 bridgehead atoms. The van der Waals surface area contributed by atoms with E-state index < -0.39 is 455 Å². The number of ether oxygens (including phenoxy) is 25. The van der Waals surface area contributed by atoms with Crippen molar-refractivity contribution >= 4 is 0 Å². The summed E-state index contributed by atoms with van der Waals surface area (Å²) in [5.41, 5.74) is 0. The molecular formula is C73H120O61. The fourth-order valence-electron chi connectivity index (χ4n) is 18.3. The summed E-state index contributed by atoms with van der Waals surface area (Å²) < 4.78 is 146. The molecule has 44 aliphatic heterocycles. The van der Waals surface area contributed by atoms with Crippen LogP contribution in [-0.2, 0) is 128 Å². The lowest BCUT2D eigenvalue weighted by molar-refractivity contribution is -0.447. The Balaban J connectivity index is 0.765. The van der Waals surface area contributed by atoms with Crippen molar-refractivity contribution in [1.82, 2.24) is 0 Å². The Morgan fingerprint density at radius 2 is 0.254 bits per heavy atom. The first-order chi connectivity index (χ1) is 64.0. The molecule has 60 atom stereocenters. The van der Waals surface area contributed by atoms with Gasteiger partial charge in [0, 0.05) is 0 Å². The third-order valence-electron chi connectivity index (χ3n) is 25.8. The lowest BCUT2D eigenvalue weighted by Gasteiger charge is -2.51. The maximum atomic E-state index is 12.6. The highest BCUT2D eigenvalue weighted by Crippen LogP contribution is 2.44. The zero-order chi connectivity index (χ0) is 96.9. The van der Waals surface area contributed by atoms with Crippen LogP contribution in [0.1, 0.15) is 0 Å². The predicted octanol–water partition coefficient (Wildman–Crippen LogP) is -25.2. The highest BCUT2D eigenvalue weighted by molar-refractivity contribution is 5.06. The van der Waals surface area contributed by atoms with Crippen molar-refractivity contribution in [2.24, 2.45) is 0 Å². The van der Waals surface area contributed by atoms with Crippen molar-refractivity contribution < 1.29 is 302 Å². The van der Waals surface area contributed by atoms with Crippen LogP contribution in [0.5, 0.6) is 0 Å². The lowest BCUT2D eigenvalue weighted by Crippen LogP contribution is -2.69. The molecule has 0 spiro atoms. The molecule has 0 radical (unpaired) electrons. The molecule has 34 N–H and O–H groups in total. The zero-order valence-corrected chi connectivity index (χ0v) is 70.1. The Hall–Kier alpha value is -2.44. The number of hydrogen-bond donors (Lipinski definition) is 34. The Kier molecular flexibility index (Phi) is 37.1. The molecule has 44 aliphatic rings. The van der Waals surface area contributed by atoms with Gasteiger partial charge in [-0.25, -0.2) is 9.78 Å². The minimum atomic E-state index is -2.60. The highest BCUT2D eigenvalue weighted by atomic mass is 17.2. The first kappa shape index (κ1) is 107. The highest BCUT2D eigenvalue weighted by Gasteiger charge is 2.64. The molecule has 0 aromatic carbocycles. The van der Waals surface area contributed by atoms with E-state index >= 15 is 0 Å². The molecule has 44 fully saturated rings. The minimum absolute atomic E-state index is 1.11. The van der Waals surface area contributed by atoms with E-state index in [0.717, 1.165) is 0 Å². The second kappa shape index (κ2) is 46.3. The van der Waals surface area contributed by atoms with Crippen LogP contribution in [-0.4, -0.2) is 628 Å². The molecule has 61 heteroatoms. The van der Waals surface area contributed by atoms with E-state index in [4.69, 9.17) is 128 Å². The van der Waals surface area contributed by atoms with Crippen LogP contribution in [0.2, 0.25) is 0 Å². The molecule has 0 unspecified atom stereocenters. The summed E-state index contributed by atoms with van der Waals surface area (Å²) in [6.07, 6.45) is -132. The van der Waals surface area contributed by atoms with Crippen molar-refractivity contribution in [3.05, 3.63) is 0 Å². The number of aliphatic hydroxyl groups excluding tert-OH is 34. The Morgan fingerprint density at radius 3 is 0.403 bits per heavy atom. The average molecular weight is 1970 g/mol. The van der Waals surface area contributed by atoms with E-state index in [1.807, 2.05) is 0 Å². The molecule has 0 amide bonds. The van der Waals surface area contributed by atoms with E-state index in [2.05, 4.69) is 0 Å². The molecule has 44 rings (SSSR count). The van der Waals surface area contributed by atoms with Gasteiger partial charge in [0.25, 0.3) is 0 Å². The molecule has 61 nitrogen and oxygen atoms in total. The Bertz CT molecular complexity index is 3310. The average Bonchev–Trinajstić information content (AvgIpc) is 0.733. The maximum absolute atomic E-state index is 12.6. The number of hydrogen-bond acceptors (Lipinski definition) is 61. The smallest absolute Gasteiger partial charge is 0.187 e. The zero-order valence-electron chi connectivity index (χ0n) is 70.1. The Labute approximate surface area is 754 Å². The van der Waals surface area contributed by atoms with E-state index in [1.54, 1.807) is 0 Å². The number of aliphatic hydroxyl groups is 34. The quantitative estimate of drug-likeness (QED) is 0.0278. The summed E-state index contributed by atoms with van der Waals surface area (Å²) in [6, 6.07) is 0. The van der Waals surface area contributed by atoms with Crippen LogP contribution in [0, 0.1) is 0 Å². The fourth-order valence-corrected chi connectivity index (χ4v) is 18.3. The molecule has 134 heavy (non-hydrogen) atoms. The largest absolute Gasteiger partial charge is 0.394 e. The van der Waals surface area contributed by atoms with Crippen LogP contribution < -0.4 is 0 Å². The van der Waals surface area contributed by atoms with Crippen LogP contribution in [0.15, 0.2) is 0 Å². The van der Waals surface area contributed by atoms with Gasteiger partial charge in [0.2, 0.25) is 0 Å². The summed E-state index contributed by atoms with van der Waals surface area (Å²) in [5.74, 6) is 0. The van der Waals surface area contributed by atoms with Crippen molar-refractivity contribution in [1.29, 1.82) is 0 Å². The van der Waals surface area contributed by atoms with Crippen molar-refractivity contribution in [2.75, 3.05) is 86.1 Å². The maximum Gasteiger partial charge on any atom is 0.187 e. The molecule has 44 saturated heterocycles. The van der Waals surface area contributed by atoms with Gasteiger partial charge < -0.3 is 292 Å². The lowest BCUT2D eigenvalue weighted by atomic mass is 9.94. The van der Waals surface area contributed by atoms with E-state index in [-0.39, 0.29) is 0 Å². The van der Waals surface area contributed by atoms with Crippen LogP contribution >= 0.6 is 0 Å². The van der Waals surface area contributed by atoms with E-state index in [0.29, 0.717) is 0 Å². The van der Waals surface area contributed by atoms with Crippen molar-refractivity contribution in [3.63, 3.8) is 0 Å². The van der Waals surface area contributed by atoms with Crippen LogP contribution in [0.25, 0.3) is 0 Å². The summed E-state index contributed by atoms with van der Waals surface area (Å²) in [4.78, 5) is 11.3. The third kappa shape index (κ3) is 21.4. The van der Waals surface area contributed by atoms with Gasteiger partial charge in [0.05, 0.1) is 79.3 Å². The van der Waals surface area contributed by atoms with Crippen LogP contribution in [0.4, 0.5) is 0 Å². The van der Waals surface area contributed by atoms with Gasteiger partial charge in [-0.15, -0.1) is 0 Å². The normalized spacial score (nSPS) is 54.9. The predicted molar refractivity (Wildman–Crippen MR) is 395 cm³/mol. The second-order valence-electron chi connectivity index (χ2n) is 34.1. The van der Waals surface area contributed by atoms with Gasteiger partial charge in [0.15, 0.2) is 88.4 Å². The second-order valence-corrected chi connectivity index (χ2v) is 34.1. The molecule has 778 valence electrons. The monoisotopic (exact) mass is 1970 g/mol. The molecule has 0 aliphatic carbocycles. The minimum Gasteiger partial charge on any atom is -0.394 e. The van der Waals surface area contributed by atoms with Gasteiger partial charge >= 0.3 is 0 Å². The molecular weight excluding hydrogens is 1850 g/mol. The van der Waals surface area contributed by atoms with Crippen LogP contribution in [0.3, 0.4) is 0 Å². The topological polar surface area (TPSA) is 937 Å². The van der Waals surface area contributed by atoms with Gasteiger partial charge in [-0.3, -0.25) is 0 Å². The van der Waals surface area contributed by atoms with E-state index in [1.165, 1.54) is 0 Å². The van der Waals surface area contributed by atoms with Crippen molar-refractivity contribution in [2.45, 2.75) is 368 Å².